The van der Waals surface area contributed by atoms with Gasteiger partial charge in [0.25, 0.3) is 5.91 Å². The number of halogens is 1. The number of hydrogen-bond acceptors (Lipinski definition) is 8. The van der Waals surface area contributed by atoms with Crippen LogP contribution in [0.15, 0.2) is 67.0 Å². The van der Waals surface area contributed by atoms with E-state index < -0.39 is 0 Å². The number of nitrogen functional groups attached to an aromatic ring is 1. The number of aromatic nitrogens is 4. The molecule has 1 aliphatic heterocycles. The Balaban J connectivity index is 1.13. The summed E-state index contributed by atoms with van der Waals surface area (Å²) in [6.45, 7) is 6.81. The Morgan fingerprint density at radius 2 is 1.83 bits per heavy atom. The van der Waals surface area contributed by atoms with Crippen molar-refractivity contribution >= 4 is 40.0 Å². The number of amides is 1. The van der Waals surface area contributed by atoms with Crippen LogP contribution in [-0.2, 0) is 6.54 Å². The van der Waals surface area contributed by atoms with Crippen molar-refractivity contribution in [2.24, 2.45) is 0 Å². The highest BCUT2D eigenvalue weighted by atomic mass is 35.5. The number of H-pyrrole nitrogens is 1. The Morgan fingerprint density at radius 1 is 1.05 bits per heavy atom. The highest BCUT2D eigenvalue weighted by Gasteiger charge is 2.17. The predicted octanol–water partition coefficient (Wildman–Crippen LogP) is 5.36. The fraction of sp³-hybridized carbons (Fsp3) is 0.226. The number of aromatic amines is 1. The summed E-state index contributed by atoms with van der Waals surface area (Å²) >= 11 is 6.59. The van der Waals surface area contributed by atoms with Crippen molar-refractivity contribution in [1.82, 2.24) is 30.0 Å². The number of ether oxygens (including phenoxy) is 1. The van der Waals surface area contributed by atoms with Crippen LogP contribution in [0.1, 0.15) is 21.5 Å². The van der Waals surface area contributed by atoms with Crippen LogP contribution in [0, 0.1) is 6.92 Å². The lowest BCUT2D eigenvalue weighted by atomic mass is 10.1. The quantitative estimate of drug-likeness (QED) is 0.234. The van der Waals surface area contributed by atoms with Gasteiger partial charge in [-0.1, -0.05) is 23.7 Å². The summed E-state index contributed by atoms with van der Waals surface area (Å²) in [4.78, 5) is 26.0. The van der Waals surface area contributed by atoms with Gasteiger partial charge in [0.2, 0.25) is 0 Å². The van der Waals surface area contributed by atoms with Crippen LogP contribution in [0.2, 0.25) is 5.02 Å². The lowest BCUT2D eigenvalue weighted by molar-refractivity contribution is 0.102. The standard InChI is InChI=1S/C31H31ClN8O2/c1-19-3-8-23(36-31(41)21-4-5-22(25(32)15-21)17-40-13-11-39(2)12-14-40)16-26(19)42-24-9-6-20(7-10-24)28-27-29(33)34-18-35-30(27)38-37-28/h3-10,15-16,18H,11-14,17H2,1-2H3,(H,36,41)(H3,33,34,35,37,38). The third-order valence-corrected chi connectivity index (χ3v) is 7.85. The first kappa shape index (κ1) is 27.6. The smallest absolute Gasteiger partial charge is 0.255 e. The normalized spacial score (nSPS) is 14.3. The first-order chi connectivity index (χ1) is 20.3. The molecule has 1 amide bonds. The Labute approximate surface area is 248 Å². The van der Waals surface area contributed by atoms with E-state index in [1.165, 1.54) is 6.33 Å². The van der Waals surface area contributed by atoms with Crippen LogP contribution < -0.4 is 15.8 Å². The predicted molar refractivity (Wildman–Crippen MR) is 165 cm³/mol. The largest absolute Gasteiger partial charge is 0.457 e. The monoisotopic (exact) mass is 582 g/mol. The molecule has 214 valence electrons. The van der Waals surface area contributed by atoms with Gasteiger partial charge in [0, 0.05) is 60.6 Å². The van der Waals surface area contributed by atoms with E-state index in [-0.39, 0.29) is 5.91 Å². The number of carbonyl (C=O) groups is 1. The van der Waals surface area contributed by atoms with Crippen molar-refractivity contribution in [2.45, 2.75) is 13.5 Å². The number of likely N-dealkylation sites (N-methyl/N-ethyl adjacent to an activating group) is 1. The van der Waals surface area contributed by atoms with E-state index in [2.05, 4.69) is 42.3 Å². The highest BCUT2D eigenvalue weighted by Crippen LogP contribution is 2.32. The van der Waals surface area contributed by atoms with E-state index >= 15 is 0 Å². The minimum atomic E-state index is -0.239. The molecule has 0 spiro atoms. The number of fused-ring (bicyclic) bond motifs is 1. The number of anilines is 2. The zero-order chi connectivity index (χ0) is 29.2. The molecule has 0 radical (unpaired) electrons. The van der Waals surface area contributed by atoms with E-state index in [1.807, 2.05) is 61.5 Å². The second-order valence-electron chi connectivity index (χ2n) is 10.5. The molecule has 11 heteroatoms. The average molecular weight is 583 g/mol. The summed E-state index contributed by atoms with van der Waals surface area (Å²) in [6.07, 6.45) is 1.39. The number of hydrogen-bond donors (Lipinski definition) is 3. The van der Waals surface area contributed by atoms with E-state index in [9.17, 15) is 4.79 Å². The number of nitrogens with two attached hydrogens (primary N) is 1. The zero-order valence-electron chi connectivity index (χ0n) is 23.4. The molecule has 5 aromatic rings. The SMILES string of the molecule is Cc1ccc(NC(=O)c2ccc(CN3CCN(C)CC3)c(Cl)c2)cc1Oc1ccc(-c2[nH]nc3ncnc(N)c23)cc1. The number of nitrogens with zero attached hydrogens (tertiary/aromatic N) is 5. The van der Waals surface area contributed by atoms with Gasteiger partial charge in [-0.25, -0.2) is 9.97 Å². The summed E-state index contributed by atoms with van der Waals surface area (Å²) in [5.74, 6) is 1.39. The zero-order valence-corrected chi connectivity index (χ0v) is 24.2. The molecule has 2 aromatic heterocycles. The van der Waals surface area contributed by atoms with Gasteiger partial charge in [-0.15, -0.1) is 0 Å². The lowest BCUT2D eigenvalue weighted by Gasteiger charge is -2.32. The topological polar surface area (TPSA) is 125 Å². The number of piperazine rings is 1. The third kappa shape index (κ3) is 5.91. The van der Waals surface area contributed by atoms with Gasteiger partial charge in [0.1, 0.15) is 23.6 Å². The van der Waals surface area contributed by atoms with Crippen LogP contribution in [0.5, 0.6) is 11.5 Å². The van der Waals surface area contributed by atoms with Gasteiger partial charge in [0.05, 0.1) is 11.1 Å². The van der Waals surface area contributed by atoms with E-state index in [4.69, 9.17) is 22.1 Å². The van der Waals surface area contributed by atoms with E-state index in [0.29, 0.717) is 44.6 Å². The van der Waals surface area contributed by atoms with Crippen molar-refractivity contribution in [2.75, 3.05) is 44.3 Å². The van der Waals surface area contributed by atoms with Crippen LogP contribution in [0.3, 0.4) is 0 Å². The molecule has 0 saturated carbocycles. The second kappa shape index (κ2) is 11.8. The minimum absolute atomic E-state index is 0.239. The fourth-order valence-corrected chi connectivity index (χ4v) is 5.20. The molecular formula is C31H31ClN8O2. The van der Waals surface area contributed by atoms with E-state index in [0.717, 1.165) is 55.1 Å². The second-order valence-corrected chi connectivity index (χ2v) is 10.9. The number of nitrogens with one attached hydrogen (secondary N) is 2. The molecule has 3 aromatic carbocycles. The molecular weight excluding hydrogens is 552 g/mol. The molecule has 0 aliphatic carbocycles. The first-order valence-corrected chi connectivity index (χ1v) is 14.1. The van der Waals surface area contributed by atoms with E-state index in [1.54, 1.807) is 6.07 Å². The lowest BCUT2D eigenvalue weighted by Crippen LogP contribution is -2.43. The fourth-order valence-electron chi connectivity index (χ4n) is 4.96. The average Bonchev–Trinajstić information content (AvgIpc) is 3.43. The minimum Gasteiger partial charge on any atom is -0.457 e. The number of carbonyl (C=O) groups excluding carboxylic acids is 1. The van der Waals surface area contributed by atoms with Crippen LogP contribution in [-0.4, -0.2) is 69.1 Å². The molecule has 42 heavy (non-hydrogen) atoms. The third-order valence-electron chi connectivity index (χ3n) is 7.50. The Kier molecular flexibility index (Phi) is 7.75. The molecule has 0 bridgehead atoms. The number of rotatable bonds is 7. The van der Waals surface area contributed by atoms with Crippen molar-refractivity contribution in [3.8, 4) is 22.8 Å². The van der Waals surface area contributed by atoms with Gasteiger partial charge < -0.3 is 20.7 Å². The number of benzene rings is 3. The van der Waals surface area contributed by atoms with Crippen molar-refractivity contribution in [1.29, 1.82) is 0 Å². The van der Waals surface area contributed by atoms with Crippen LogP contribution in [0.4, 0.5) is 11.5 Å². The maximum absolute atomic E-state index is 13.1. The Morgan fingerprint density at radius 3 is 2.60 bits per heavy atom. The highest BCUT2D eigenvalue weighted by molar-refractivity contribution is 6.31. The molecule has 1 fully saturated rings. The van der Waals surface area contributed by atoms with Crippen molar-refractivity contribution < 1.29 is 9.53 Å². The summed E-state index contributed by atoms with van der Waals surface area (Å²) in [6, 6.07) is 18.6. The summed E-state index contributed by atoms with van der Waals surface area (Å²) in [5, 5.41) is 11.4. The molecule has 0 atom stereocenters. The van der Waals surface area contributed by atoms with Gasteiger partial charge in [-0.05, 0) is 67.6 Å². The maximum atomic E-state index is 13.1. The van der Waals surface area contributed by atoms with Gasteiger partial charge in [0.15, 0.2) is 5.65 Å². The molecule has 1 aliphatic rings. The van der Waals surface area contributed by atoms with Gasteiger partial charge >= 0.3 is 0 Å². The van der Waals surface area contributed by atoms with Crippen LogP contribution in [0.25, 0.3) is 22.3 Å². The van der Waals surface area contributed by atoms with Gasteiger partial charge in [-0.3, -0.25) is 14.8 Å². The summed E-state index contributed by atoms with van der Waals surface area (Å²) in [7, 11) is 2.14. The molecule has 1 saturated heterocycles. The molecule has 3 heterocycles. The Bertz CT molecular complexity index is 1750. The first-order valence-electron chi connectivity index (χ1n) is 13.7. The number of aryl methyl sites for hydroxylation is 1. The van der Waals surface area contributed by atoms with Crippen molar-refractivity contribution in [3.63, 3.8) is 0 Å². The molecule has 6 rings (SSSR count). The molecule has 0 unspecified atom stereocenters. The van der Waals surface area contributed by atoms with Crippen molar-refractivity contribution in [3.05, 3.63) is 88.7 Å². The summed E-state index contributed by atoms with van der Waals surface area (Å²) < 4.78 is 6.18. The summed E-state index contributed by atoms with van der Waals surface area (Å²) in [5.41, 5.74) is 11.2. The molecule has 4 N–H and O–H groups in total. The molecule has 10 nitrogen and oxygen atoms in total. The van der Waals surface area contributed by atoms with Crippen LogP contribution >= 0.6 is 11.6 Å². The van der Waals surface area contributed by atoms with Gasteiger partial charge in [-0.2, -0.15) is 5.10 Å². The Hall–Kier alpha value is -4.51. The maximum Gasteiger partial charge on any atom is 0.255 e.